The van der Waals surface area contributed by atoms with E-state index in [9.17, 15) is 18.3 Å². The van der Waals surface area contributed by atoms with Gasteiger partial charge in [0, 0.05) is 18.3 Å². The maximum absolute atomic E-state index is 12.5. The molecule has 0 bridgehead atoms. The Balaban J connectivity index is 1.83. The maximum Gasteiger partial charge on any atom is 0.416 e. The molecule has 0 fully saturated rings. The van der Waals surface area contributed by atoms with Gasteiger partial charge >= 0.3 is 6.18 Å². The molecule has 6 heteroatoms. The van der Waals surface area contributed by atoms with Gasteiger partial charge in [-0.25, -0.2) is 4.98 Å². The lowest BCUT2D eigenvalue weighted by Gasteiger charge is -2.22. The summed E-state index contributed by atoms with van der Waals surface area (Å²) >= 11 is 0. The summed E-state index contributed by atoms with van der Waals surface area (Å²) in [7, 11) is 0. The number of halogens is 3. The molecule has 1 aliphatic rings. The van der Waals surface area contributed by atoms with Crippen LogP contribution in [0.25, 0.3) is 0 Å². The van der Waals surface area contributed by atoms with E-state index in [1.54, 1.807) is 10.8 Å². The normalized spacial score (nSPS) is 18.6. The minimum absolute atomic E-state index is 0.412. The van der Waals surface area contributed by atoms with E-state index >= 15 is 0 Å². The van der Waals surface area contributed by atoms with Crippen LogP contribution in [0.2, 0.25) is 0 Å². The lowest BCUT2D eigenvalue weighted by molar-refractivity contribution is -0.137. The van der Waals surface area contributed by atoms with Crippen molar-refractivity contribution in [3.05, 3.63) is 53.1 Å². The highest BCUT2D eigenvalue weighted by Gasteiger charge is 2.30. The second-order valence-electron chi connectivity index (χ2n) is 5.28. The van der Waals surface area contributed by atoms with Crippen molar-refractivity contribution < 1.29 is 18.3 Å². The number of alkyl halides is 3. The second kappa shape index (κ2) is 5.18. The molecule has 21 heavy (non-hydrogen) atoms. The van der Waals surface area contributed by atoms with Gasteiger partial charge in [-0.05, 0) is 37.0 Å². The second-order valence-corrected chi connectivity index (χ2v) is 5.28. The number of hydrogen-bond donors (Lipinski definition) is 1. The Morgan fingerprint density at radius 3 is 2.62 bits per heavy atom. The Kier molecular flexibility index (Phi) is 3.49. The monoisotopic (exact) mass is 296 g/mol. The van der Waals surface area contributed by atoms with Gasteiger partial charge < -0.3 is 9.67 Å². The number of imidazole rings is 1. The number of rotatable bonds is 2. The van der Waals surface area contributed by atoms with Crippen molar-refractivity contribution in [3.8, 4) is 0 Å². The number of hydrogen-bond acceptors (Lipinski definition) is 2. The summed E-state index contributed by atoms with van der Waals surface area (Å²) in [5, 5.41) is 10.0. The molecule has 112 valence electrons. The van der Waals surface area contributed by atoms with Crippen molar-refractivity contribution in [2.75, 3.05) is 0 Å². The highest BCUT2D eigenvalue weighted by Crippen LogP contribution is 2.30. The molecule has 3 nitrogen and oxygen atoms in total. The zero-order valence-corrected chi connectivity index (χ0v) is 11.3. The maximum atomic E-state index is 12.5. The first-order chi connectivity index (χ1) is 9.95. The summed E-state index contributed by atoms with van der Waals surface area (Å²) in [6.45, 7) is 0. The third-order valence-corrected chi connectivity index (χ3v) is 3.79. The quantitative estimate of drug-likeness (QED) is 0.923. The van der Waals surface area contributed by atoms with E-state index < -0.39 is 18.0 Å². The van der Waals surface area contributed by atoms with Gasteiger partial charge in [0.1, 0.15) is 12.1 Å². The summed E-state index contributed by atoms with van der Waals surface area (Å²) in [4.78, 5) is 4.30. The van der Waals surface area contributed by atoms with Crippen LogP contribution in [0.5, 0.6) is 0 Å². The van der Waals surface area contributed by atoms with Gasteiger partial charge in [0.15, 0.2) is 0 Å². The Morgan fingerprint density at radius 2 is 1.95 bits per heavy atom. The van der Waals surface area contributed by atoms with E-state index in [1.165, 1.54) is 12.1 Å². The van der Waals surface area contributed by atoms with E-state index in [4.69, 9.17) is 0 Å². The summed E-state index contributed by atoms with van der Waals surface area (Å²) in [6.07, 6.45) is -0.272. The number of benzene rings is 1. The van der Waals surface area contributed by atoms with Crippen molar-refractivity contribution >= 4 is 0 Å². The molecular weight excluding hydrogens is 281 g/mol. The molecule has 2 aromatic rings. The summed E-state index contributed by atoms with van der Waals surface area (Å²) < 4.78 is 39.4. The van der Waals surface area contributed by atoms with Crippen molar-refractivity contribution in [2.24, 2.45) is 0 Å². The lowest BCUT2D eigenvalue weighted by Crippen LogP contribution is -2.19. The van der Waals surface area contributed by atoms with Crippen LogP contribution in [0.1, 0.15) is 41.7 Å². The molecule has 0 saturated carbocycles. The number of aryl methyl sites for hydroxylation is 1. The molecule has 0 radical (unpaired) electrons. The zero-order chi connectivity index (χ0) is 15.0. The van der Waals surface area contributed by atoms with Crippen LogP contribution in [0, 0.1) is 0 Å². The van der Waals surface area contributed by atoms with Crippen molar-refractivity contribution in [1.82, 2.24) is 9.55 Å². The average Bonchev–Trinajstić information content (AvgIpc) is 2.83. The molecule has 1 N–H and O–H groups in total. The molecule has 0 aliphatic carbocycles. The first-order valence-electron chi connectivity index (χ1n) is 6.84. The Bertz CT molecular complexity index is 631. The lowest BCUT2D eigenvalue weighted by atomic mass is 10.1. The number of aliphatic hydroxyl groups is 1. The fourth-order valence-electron chi connectivity index (χ4n) is 2.71. The molecule has 0 saturated heterocycles. The van der Waals surface area contributed by atoms with E-state index in [2.05, 4.69) is 4.98 Å². The van der Waals surface area contributed by atoms with Crippen LogP contribution >= 0.6 is 0 Å². The number of fused-ring (bicyclic) bond motifs is 1. The van der Waals surface area contributed by atoms with Gasteiger partial charge in [-0.1, -0.05) is 12.1 Å². The van der Waals surface area contributed by atoms with Crippen LogP contribution in [-0.2, 0) is 19.0 Å². The van der Waals surface area contributed by atoms with Crippen LogP contribution in [-0.4, -0.2) is 14.7 Å². The van der Waals surface area contributed by atoms with Crippen LogP contribution in [0.15, 0.2) is 30.5 Å². The molecule has 1 aromatic carbocycles. The summed E-state index contributed by atoms with van der Waals surface area (Å²) in [5.74, 6) is 0.692. The number of aliphatic hydroxyl groups excluding tert-OH is 1. The van der Waals surface area contributed by atoms with Crippen molar-refractivity contribution in [3.63, 3.8) is 0 Å². The molecule has 1 aliphatic heterocycles. The fraction of sp³-hybridized carbons (Fsp3) is 0.400. The highest BCUT2D eigenvalue weighted by molar-refractivity contribution is 5.27. The minimum atomic E-state index is -4.32. The van der Waals surface area contributed by atoms with Gasteiger partial charge in [-0.15, -0.1) is 0 Å². The fourth-order valence-corrected chi connectivity index (χ4v) is 2.71. The Hall–Kier alpha value is -1.82. The van der Waals surface area contributed by atoms with Crippen molar-refractivity contribution in [2.45, 2.75) is 38.1 Å². The molecule has 0 spiro atoms. The smallest absolute Gasteiger partial charge is 0.373 e. The largest absolute Gasteiger partial charge is 0.416 e. The SMILES string of the molecule is OC1CCCc2cnc(Cc3ccc(C(F)(F)F)cc3)n21. The summed E-state index contributed by atoms with van der Waals surface area (Å²) in [6, 6.07) is 5.07. The minimum Gasteiger partial charge on any atom is -0.373 e. The Morgan fingerprint density at radius 1 is 1.24 bits per heavy atom. The van der Waals surface area contributed by atoms with Crippen LogP contribution in [0.4, 0.5) is 13.2 Å². The van der Waals surface area contributed by atoms with Gasteiger partial charge in [-0.3, -0.25) is 0 Å². The molecule has 1 atom stereocenters. The third kappa shape index (κ3) is 2.81. The molecule has 2 heterocycles. The topological polar surface area (TPSA) is 38.1 Å². The first-order valence-corrected chi connectivity index (χ1v) is 6.84. The van der Waals surface area contributed by atoms with Crippen LogP contribution < -0.4 is 0 Å². The molecule has 1 unspecified atom stereocenters. The van der Waals surface area contributed by atoms with Gasteiger partial charge in [0.05, 0.1) is 5.56 Å². The number of aromatic nitrogens is 2. The zero-order valence-electron chi connectivity index (χ0n) is 11.3. The van der Waals surface area contributed by atoms with E-state index in [-0.39, 0.29) is 0 Å². The standard InChI is InChI=1S/C15H15F3N2O/c16-15(17,18)11-6-4-10(5-7-11)8-13-19-9-12-2-1-3-14(21)20(12)13/h4-7,9,14,21H,1-3,8H2. The molecule has 1 aromatic heterocycles. The van der Waals surface area contributed by atoms with E-state index in [0.717, 1.165) is 36.2 Å². The van der Waals surface area contributed by atoms with Crippen LogP contribution in [0.3, 0.4) is 0 Å². The van der Waals surface area contributed by atoms with Gasteiger partial charge in [0.25, 0.3) is 0 Å². The predicted molar refractivity (Wildman–Crippen MR) is 70.7 cm³/mol. The highest BCUT2D eigenvalue weighted by atomic mass is 19.4. The molecular formula is C15H15F3N2O. The third-order valence-electron chi connectivity index (χ3n) is 3.79. The molecule has 0 amide bonds. The van der Waals surface area contributed by atoms with Gasteiger partial charge in [-0.2, -0.15) is 13.2 Å². The predicted octanol–water partition coefficient (Wildman–Crippen LogP) is 3.32. The molecule has 3 rings (SSSR count). The van der Waals surface area contributed by atoms with Gasteiger partial charge in [0.2, 0.25) is 0 Å². The van der Waals surface area contributed by atoms with Crippen molar-refractivity contribution in [1.29, 1.82) is 0 Å². The van der Waals surface area contributed by atoms with E-state index in [0.29, 0.717) is 18.7 Å². The average molecular weight is 296 g/mol. The number of nitrogens with zero attached hydrogens (tertiary/aromatic N) is 2. The summed E-state index contributed by atoms with van der Waals surface area (Å²) in [5.41, 5.74) is 1.07. The van der Waals surface area contributed by atoms with E-state index in [1.807, 2.05) is 0 Å². The Labute approximate surface area is 120 Å². The first kappa shape index (κ1) is 14.1.